The van der Waals surface area contributed by atoms with E-state index < -0.39 is 0 Å². The molecule has 0 atom stereocenters. The van der Waals surface area contributed by atoms with Crippen LogP contribution in [0.2, 0.25) is 5.02 Å². The van der Waals surface area contributed by atoms with Gasteiger partial charge in [0.25, 0.3) is 0 Å². The van der Waals surface area contributed by atoms with E-state index in [9.17, 15) is 4.79 Å². The Labute approximate surface area is 167 Å². The molecule has 7 heteroatoms. The average molecular weight is 401 g/mol. The number of carbonyl (C=O) groups excluding carboxylic acids is 1. The summed E-state index contributed by atoms with van der Waals surface area (Å²) in [7, 11) is 0. The quantitative estimate of drug-likeness (QED) is 0.718. The van der Waals surface area contributed by atoms with Crippen LogP contribution in [0, 0.1) is 6.92 Å². The number of thiazole rings is 1. The standard InChI is InChI=1S/C20H21ClN4OS/c1-14-6-7-15(21)12-17(14)22-19(26)13-24-8-10-25(11-9-24)20-23-16-4-2-3-5-18(16)27-20/h2-7,12H,8-11,13H2,1H3,(H,22,26). The number of benzene rings is 2. The summed E-state index contributed by atoms with van der Waals surface area (Å²) in [5.74, 6) is -0.00574. The maximum absolute atomic E-state index is 12.4. The lowest BCUT2D eigenvalue weighted by Crippen LogP contribution is -2.48. The number of rotatable bonds is 4. The third-order valence-corrected chi connectivity index (χ3v) is 6.10. The van der Waals surface area contributed by atoms with Crippen molar-refractivity contribution in [2.45, 2.75) is 6.92 Å². The molecule has 2 aromatic carbocycles. The summed E-state index contributed by atoms with van der Waals surface area (Å²) >= 11 is 7.75. The van der Waals surface area contributed by atoms with Crippen LogP contribution in [-0.2, 0) is 4.79 Å². The van der Waals surface area contributed by atoms with Crippen LogP contribution in [0.25, 0.3) is 10.2 Å². The van der Waals surface area contributed by atoms with Crippen molar-refractivity contribution in [2.75, 3.05) is 42.9 Å². The third-order valence-electron chi connectivity index (χ3n) is 4.77. The van der Waals surface area contributed by atoms with Crippen LogP contribution in [0.4, 0.5) is 10.8 Å². The summed E-state index contributed by atoms with van der Waals surface area (Å²) in [5.41, 5.74) is 2.84. The number of nitrogens with one attached hydrogen (secondary N) is 1. The molecule has 1 amide bonds. The lowest BCUT2D eigenvalue weighted by atomic mass is 10.2. The van der Waals surface area contributed by atoms with Crippen LogP contribution in [0.3, 0.4) is 0 Å². The first kappa shape index (κ1) is 18.2. The highest BCUT2D eigenvalue weighted by Crippen LogP contribution is 2.29. The number of piperazine rings is 1. The number of nitrogens with zero attached hydrogens (tertiary/aromatic N) is 3. The molecular weight excluding hydrogens is 380 g/mol. The smallest absolute Gasteiger partial charge is 0.238 e. The summed E-state index contributed by atoms with van der Waals surface area (Å²) < 4.78 is 1.21. The fourth-order valence-electron chi connectivity index (χ4n) is 3.21. The van der Waals surface area contributed by atoms with Gasteiger partial charge in [0, 0.05) is 36.9 Å². The zero-order valence-electron chi connectivity index (χ0n) is 15.1. The second-order valence-electron chi connectivity index (χ2n) is 6.73. The van der Waals surface area contributed by atoms with E-state index in [1.165, 1.54) is 4.70 Å². The molecule has 140 valence electrons. The van der Waals surface area contributed by atoms with E-state index in [2.05, 4.69) is 21.2 Å². The maximum Gasteiger partial charge on any atom is 0.238 e. The Morgan fingerprint density at radius 3 is 2.74 bits per heavy atom. The van der Waals surface area contributed by atoms with Crippen molar-refractivity contribution in [3.63, 3.8) is 0 Å². The fourth-order valence-corrected chi connectivity index (χ4v) is 4.40. The van der Waals surface area contributed by atoms with Crippen molar-refractivity contribution >= 4 is 49.9 Å². The lowest BCUT2D eigenvalue weighted by Gasteiger charge is -2.34. The van der Waals surface area contributed by atoms with Crippen molar-refractivity contribution < 1.29 is 4.79 Å². The molecule has 2 heterocycles. The van der Waals surface area contributed by atoms with E-state index >= 15 is 0 Å². The predicted octanol–water partition coefficient (Wildman–Crippen LogP) is 4.02. The van der Waals surface area contributed by atoms with Crippen molar-refractivity contribution in [1.29, 1.82) is 0 Å². The molecule has 3 aromatic rings. The Kier molecular flexibility index (Phi) is 5.29. The second kappa shape index (κ2) is 7.84. The molecule has 0 aliphatic carbocycles. The van der Waals surface area contributed by atoms with Gasteiger partial charge in [0.05, 0.1) is 16.8 Å². The number of aromatic nitrogens is 1. The van der Waals surface area contributed by atoms with Gasteiger partial charge in [-0.2, -0.15) is 0 Å². The predicted molar refractivity (Wildman–Crippen MR) is 113 cm³/mol. The number of aryl methyl sites for hydroxylation is 1. The number of anilines is 2. The van der Waals surface area contributed by atoms with Crippen molar-refractivity contribution in [2.24, 2.45) is 0 Å². The molecule has 1 aromatic heterocycles. The zero-order valence-corrected chi connectivity index (χ0v) is 16.7. The van der Waals surface area contributed by atoms with Crippen LogP contribution < -0.4 is 10.2 Å². The summed E-state index contributed by atoms with van der Waals surface area (Å²) in [4.78, 5) is 21.6. The van der Waals surface area contributed by atoms with Gasteiger partial charge < -0.3 is 10.2 Å². The maximum atomic E-state index is 12.4. The number of fused-ring (bicyclic) bond motifs is 1. The molecule has 4 rings (SSSR count). The van der Waals surface area contributed by atoms with Gasteiger partial charge in [-0.1, -0.05) is 41.1 Å². The zero-order chi connectivity index (χ0) is 18.8. The normalized spacial score (nSPS) is 15.3. The van der Waals surface area contributed by atoms with Crippen LogP contribution in [0.15, 0.2) is 42.5 Å². The monoisotopic (exact) mass is 400 g/mol. The largest absolute Gasteiger partial charge is 0.345 e. The SMILES string of the molecule is Cc1ccc(Cl)cc1NC(=O)CN1CCN(c2nc3ccccc3s2)CC1. The molecule has 1 aliphatic rings. The molecular formula is C20H21ClN4OS. The Balaban J connectivity index is 1.32. The Morgan fingerprint density at radius 2 is 1.96 bits per heavy atom. The van der Waals surface area contributed by atoms with Gasteiger partial charge in [-0.3, -0.25) is 9.69 Å². The molecule has 1 fully saturated rings. The van der Waals surface area contributed by atoms with Gasteiger partial charge >= 0.3 is 0 Å². The van der Waals surface area contributed by atoms with E-state index in [0.29, 0.717) is 11.6 Å². The van der Waals surface area contributed by atoms with Gasteiger partial charge in [0.15, 0.2) is 5.13 Å². The van der Waals surface area contributed by atoms with Crippen LogP contribution >= 0.6 is 22.9 Å². The molecule has 0 bridgehead atoms. The molecule has 0 unspecified atom stereocenters. The summed E-state index contributed by atoms with van der Waals surface area (Å²) in [6.45, 7) is 5.80. The first-order valence-electron chi connectivity index (χ1n) is 8.97. The summed E-state index contributed by atoms with van der Waals surface area (Å²) in [6.07, 6.45) is 0. The van der Waals surface area contributed by atoms with E-state index in [0.717, 1.165) is 48.1 Å². The average Bonchev–Trinajstić information content (AvgIpc) is 3.09. The molecule has 5 nitrogen and oxygen atoms in total. The molecule has 1 aliphatic heterocycles. The summed E-state index contributed by atoms with van der Waals surface area (Å²) in [5, 5.41) is 4.66. The Bertz CT molecular complexity index is 933. The highest BCUT2D eigenvalue weighted by atomic mass is 35.5. The first-order valence-corrected chi connectivity index (χ1v) is 10.2. The molecule has 1 N–H and O–H groups in total. The number of hydrogen-bond acceptors (Lipinski definition) is 5. The van der Waals surface area contributed by atoms with Gasteiger partial charge in [-0.25, -0.2) is 4.98 Å². The molecule has 1 saturated heterocycles. The molecule has 27 heavy (non-hydrogen) atoms. The fraction of sp³-hybridized carbons (Fsp3) is 0.300. The number of amides is 1. The van der Waals surface area contributed by atoms with Crippen LogP contribution in [0.5, 0.6) is 0 Å². The van der Waals surface area contributed by atoms with E-state index in [-0.39, 0.29) is 5.91 Å². The molecule has 0 saturated carbocycles. The van der Waals surface area contributed by atoms with E-state index in [1.54, 1.807) is 17.4 Å². The minimum absolute atomic E-state index is 0.00574. The molecule has 0 radical (unpaired) electrons. The van der Waals surface area contributed by atoms with Gasteiger partial charge in [0.2, 0.25) is 5.91 Å². The van der Waals surface area contributed by atoms with E-state index in [4.69, 9.17) is 16.6 Å². The topological polar surface area (TPSA) is 48.5 Å². The highest BCUT2D eigenvalue weighted by Gasteiger charge is 2.21. The van der Waals surface area contributed by atoms with E-state index in [1.807, 2.05) is 37.3 Å². The lowest BCUT2D eigenvalue weighted by molar-refractivity contribution is -0.117. The van der Waals surface area contributed by atoms with Crippen LogP contribution in [-0.4, -0.2) is 48.5 Å². The number of halogens is 1. The number of para-hydroxylation sites is 1. The van der Waals surface area contributed by atoms with Crippen LogP contribution in [0.1, 0.15) is 5.56 Å². The van der Waals surface area contributed by atoms with Gasteiger partial charge in [-0.15, -0.1) is 0 Å². The second-order valence-corrected chi connectivity index (χ2v) is 8.18. The summed E-state index contributed by atoms with van der Waals surface area (Å²) in [6, 6.07) is 13.7. The Hall–Kier alpha value is -2.15. The minimum Gasteiger partial charge on any atom is -0.345 e. The van der Waals surface area contributed by atoms with Crippen molar-refractivity contribution in [1.82, 2.24) is 9.88 Å². The minimum atomic E-state index is -0.00574. The first-order chi connectivity index (χ1) is 13.1. The van der Waals surface area contributed by atoms with Crippen molar-refractivity contribution in [3.8, 4) is 0 Å². The van der Waals surface area contributed by atoms with Gasteiger partial charge in [-0.05, 0) is 36.8 Å². The number of carbonyl (C=O) groups is 1. The molecule has 0 spiro atoms. The van der Waals surface area contributed by atoms with Crippen molar-refractivity contribution in [3.05, 3.63) is 53.1 Å². The Morgan fingerprint density at radius 1 is 1.19 bits per heavy atom. The highest BCUT2D eigenvalue weighted by molar-refractivity contribution is 7.22. The third kappa shape index (κ3) is 4.24. The van der Waals surface area contributed by atoms with Gasteiger partial charge in [0.1, 0.15) is 0 Å². The number of hydrogen-bond donors (Lipinski definition) is 1.